The van der Waals surface area contributed by atoms with Crippen LogP contribution in [-0.2, 0) is 0 Å². The molecule has 1 aromatic rings. The highest BCUT2D eigenvalue weighted by molar-refractivity contribution is 6.30. The third kappa shape index (κ3) is 2.60. The van der Waals surface area contributed by atoms with Gasteiger partial charge in [-0.05, 0) is 13.8 Å². The molecule has 68 valence electrons. The van der Waals surface area contributed by atoms with E-state index in [4.69, 9.17) is 21.6 Å². The maximum Gasteiger partial charge on any atom is 0.171 e. The van der Waals surface area contributed by atoms with Crippen molar-refractivity contribution in [3.05, 3.63) is 23.0 Å². The van der Waals surface area contributed by atoms with Crippen LogP contribution in [0.4, 0.5) is 0 Å². The van der Waals surface area contributed by atoms with E-state index in [0.717, 1.165) is 0 Å². The van der Waals surface area contributed by atoms with E-state index in [1.807, 2.05) is 19.9 Å². The van der Waals surface area contributed by atoms with E-state index in [-0.39, 0.29) is 11.3 Å². The lowest BCUT2D eigenvalue weighted by atomic mass is 10.3. The van der Waals surface area contributed by atoms with E-state index in [0.29, 0.717) is 11.3 Å². The van der Waals surface area contributed by atoms with E-state index >= 15 is 0 Å². The molecular weight excluding hydrogens is 188 g/mol. The second-order valence-corrected chi connectivity index (χ2v) is 3.15. The number of rotatable bonds is 2. The van der Waals surface area contributed by atoms with Crippen LogP contribution < -0.4 is 4.74 Å². The molecule has 0 radical (unpaired) electrons. The SMILES string of the molecule is CC(C)Oc1cc(C#N)cnc1Cl. The molecule has 0 aliphatic heterocycles. The van der Waals surface area contributed by atoms with Gasteiger partial charge in [0.2, 0.25) is 0 Å². The number of nitriles is 1. The van der Waals surface area contributed by atoms with Gasteiger partial charge in [0, 0.05) is 12.3 Å². The molecule has 0 aromatic carbocycles. The van der Waals surface area contributed by atoms with E-state index in [1.165, 1.54) is 6.20 Å². The predicted octanol–water partition coefficient (Wildman–Crippen LogP) is 2.39. The summed E-state index contributed by atoms with van der Waals surface area (Å²) in [5, 5.41) is 8.88. The van der Waals surface area contributed by atoms with Crippen LogP contribution in [0.15, 0.2) is 12.3 Å². The van der Waals surface area contributed by atoms with Crippen molar-refractivity contribution in [1.29, 1.82) is 5.26 Å². The van der Waals surface area contributed by atoms with Crippen LogP contribution >= 0.6 is 11.6 Å². The third-order valence-corrected chi connectivity index (χ3v) is 1.58. The molecule has 0 aliphatic rings. The zero-order valence-electron chi connectivity index (χ0n) is 7.41. The molecule has 1 heterocycles. The Kier molecular flexibility index (Phi) is 3.10. The van der Waals surface area contributed by atoms with Crippen molar-refractivity contribution in [1.82, 2.24) is 4.98 Å². The normalized spacial score (nSPS) is 9.77. The summed E-state index contributed by atoms with van der Waals surface area (Å²) in [6.45, 7) is 3.77. The molecule has 0 spiro atoms. The lowest BCUT2D eigenvalue weighted by Gasteiger charge is -2.10. The number of nitrogens with zero attached hydrogens (tertiary/aromatic N) is 2. The Morgan fingerprint density at radius 3 is 2.85 bits per heavy atom. The van der Waals surface area contributed by atoms with Crippen LogP contribution in [0, 0.1) is 11.3 Å². The Labute approximate surface area is 81.9 Å². The minimum atomic E-state index is 0.0215. The first-order chi connectivity index (χ1) is 6.13. The summed E-state index contributed by atoms with van der Waals surface area (Å²) < 4.78 is 5.34. The van der Waals surface area contributed by atoms with Crippen molar-refractivity contribution < 1.29 is 4.74 Å². The number of halogens is 1. The van der Waals surface area contributed by atoms with Gasteiger partial charge in [0.1, 0.15) is 6.07 Å². The predicted molar refractivity (Wildman–Crippen MR) is 49.7 cm³/mol. The van der Waals surface area contributed by atoms with Crippen LogP contribution in [0.25, 0.3) is 0 Å². The van der Waals surface area contributed by atoms with Crippen LogP contribution in [0.2, 0.25) is 5.15 Å². The molecule has 13 heavy (non-hydrogen) atoms. The van der Waals surface area contributed by atoms with Crippen LogP contribution in [0.5, 0.6) is 5.75 Å². The van der Waals surface area contributed by atoms with Gasteiger partial charge in [-0.25, -0.2) is 4.98 Å². The Morgan fingerprint density at radius 2 is 2.31 bits per heavy atom. The Morgan fingerprint density at radius 1 is 1.62 bits per heavy atom. The fourth-order valence-corrected chi connectivity index (χ4v) is 0.974. The summed E-state index contributed by atoms with van der Waals surface area (Å²) in [5.41, 5.74) is 0.444. The molecule has 0 fully saturated rings. The van der Waals surface area contributed by atoms with Crippen molar-refractivity contribution in [3.8, 4) is 11.8 Å². The fourth-order valence-electron chi connectivity index (χ4n) is 0.826. The van der Waals surface area contributed by atoms with Gasteiger partial charge in [0.25, 0.3) is 0 Å². The lowest BCUT2D eigenvalue weighted by molar-refractivity contribution is 0.241. The Hall–Kier alpha value is -1.27. The molecule has 0 saturated heterocycles. The van der Waals surface area contributed by atoms with Gasteiger partial charge >= 0.3 is 0 Å². The average molecular weight is 197 g/mol. The van der Waals surface area contributed by atoms with Gasteiger partial charge < -0.3 is 4.74 Å². The summed E-state index contributed by atoms with van der Waals surface area (Å²) in [4.78, 5) is 3.82. The number of hydrogen-bond acceptors (Lipinski definition) is 3. The molecule has 0 N–H and O–H groups in total. The van der Waals surface area contributed by atoms with E-state index < -0.39 is 0 Å². The van der Waals surface area contributed by atoms with Gasteiger partial charge in [-0.15, -0.1) is 0 Å². The smallest absolute Gasteiger partial charge is 0.171 e. The Balaban J connectivity index is 2.99. The maximum atomic E-state index is 8.60. The minimum absolute atomic E-state index is 0.0215. The first-order valence-corrected chi connectivity index (χ1v) is 4.23. The summed E-state index contributed by atoms with van der Waals surface area (Å²) in [6.07, 6.45) is 1.43. The van der Waals surface area contributed by atoms with Crippen LogP contribution in [0.1, 0.15) is 19.4 Å². The molecule has 4 heteroatoms. The molecule has 1 rings (SSSR count). The third-order valence-electron chi connectivity index (χ3n) is 1.30. The molecule has 0 atom stereocenters. The van der Waals surface area contributed by atoms with Gasteiger partial charge in [0.15, 0.2) is 10.9 Å². The van der Waals surface area contributed by atoms with Gasteiger partial charge in [0.05, 0.1) is 11.7 Å². The fraction of sp³-hybridized carbons (Fsp3) is 0.333. The van der Waals surface area contributed by atoms with Crippen LogP contribution in [-0.4, -0.2) is 11.1 Å². The van der Waals surface area contributed by atoms with Gasteiger partial charge in [-0.1, -0.05) is 11.6 Å². The highest BCUT2D eigenvalue weighted by Crippen LogP contribution is 2.23. The second kappa shape index (κ2) is 4.11. The van der Waals surface area contributed by atoms with E-state index in [2.05, 4.69) is 4.98 Å². The summed E-state index contributed by atoms with van der Waals surface area (Å²) in [6, 6.07) is 3.55. The highest BCUT2D eigenvalue weighted by Gasteiger charge is 2.05. The molecule has 0 saturated carbocycles. The first-order valence-electron chi connectivity index (χ1n) is 3.85. The average Bonchev–Trinajstić information content (AvgIpc) is 2.08. The minimum Gasteiger partial charge on any atom is -0.488 e. The van der Waals surface area contributed by atoms with Crippen molar-refractivity contribution in [2.24, 2.45) is 0 Å². The van der Waals surface area contributed by atoms with Gasteiger partial charge in [-0.2, -0.15) is 5.26 Å². The van der Waals surface area contributed by atoms with Gasteiger partial charge in [-0.3, -0.25) is 0 Å². The molecule has 0 unspecified atom stereocenters. The quantitative estimate of drug-likeness (QED) is 0.683. The monoisotopic (exact) mass is 196 g/mol. The lowest BCUT2D eigenvalue weighted by Crippen LogP contribution is -2.06. The van der Waals surface area contributed by atoms with Crippen molar-refractivity contribution in [3.63, 3.8) is 0 Å². The highest BCUT2D eigenvalue weighted by atomic mass is 35.5. The number of hydrogen-bond donors (Lipinski definition) is 0. The molecule has 0 amide bonds. The maximum absolute atomic E-state index is 8.60. The van der Waals surface area contributed by atoms with Crippen molar-refractivity contribution in [2.45, 2.75) is 20.0 Å². The number of ether oxygens (including phenoxy) is 1. The Bertz CT molecular complexity index is 344. The van der Waals surface area contributed by atoms with E-state index in [1.54, 1.807) is 6.07 Å². The largest absolute Gasteiger partial charge is 0.488 e. The summed E-state index contributed by atoms with van der Waals surface area (Å²) in [7, 11) is 0. The van der Waals surface area contributed by atoms with Crippen molar-refractivity contribution >= 4 is 11.6 Å². The van der Waals surface area contributed by atoms with Crippen LogP contribution in [0.3, 0.4) is 0 Å². The van der Waals surface area contributed by atoms with E-state index in [9.17, 15) is 0 Å². The molecule has 0 aliphatic carbocycles. The summed E-state index contributed by atoms with van der Waals surface area (Å²) in [5.74, 6) is 0.454. The van der Waals surface area contributed by atoms with Crippen molar-refractivity contribution in [2.75, 3.05) is 0 Å². The molecule has 0 bridgehead atoms. The zero-order valence-corrected chi connectivity index (χ0v) is 8.17. The topological polar surface area (TPSA) is 45.9 Å². The first kappa shape index (κ1) is 9.82. The molecule has 3 nitrogen and oxygen atoms in total. The second-order valence-electron chi connectivity index (χ2n) is 2.79. The standard InChI is InChI=1S/C9H9ClN2O/c1-6(2)13-8-3-7(4-11)5-12-9(8)10/h3,5-6H,1-2H3. The zero-order chi connectivity index (χ0) is 9.84. The molecule has 1 aromatic heterocycles. The number of aromatic nitrogens is 1. The summed E-state index contributed by atoms with van der Waals surface area (Å²) >= 11 is 5.75. The molecular formula is C9H9ClN2O. The number of pyridine rings is 1.